The summed E-state index contributed by atoms with van der Waals surface area (Å²) in [6, 6.07) is 3.60. The third kappa shape index (κ3) is 3.39. The van der Waals surface area contributed by atoms with E-state index in [4.69, 9.17) is 11.6 Å². The Morgan fingerprint density at radius 3 is 3.11 bits per heavy atom. The lowest BCUT2D eigenvalue weighted by atomic mass is 10.3. The summed E-state index contributed by atoms with van der Waals surface area (Å²) in [5.41, 5.74) is -0.0374. The van der Waals surface area contributed by atoms with Crippen LogP contribution in [0.1, 0.15) is 6.92 Å². The van der Waals surface area contributed by atoms with Gasteiger partial charge in [0.15, 0.2) is 5.17 Å². The van der Waals surface area contributed by atoms with E-state index in [0.29, 0.717) is 5.17 Å². The van der Waals surface area contributed by atoms with Crippen molar-refractivity contribution in [2.75, 3.05) is 24.2 Å². The van der Waals surface area contributed by atoms with Crippen LogP contribution in [0.2, 0.25) is 5.02 Å². The SMILES string of the molecule is CCN1CCSC1=NC(=O)Nc1c(F)cccc1Cl. The molecule has 2 rings (SSSR count). The number of urea groups is 1. The molecule has 1 saturated heterocycles. The second-order valence-corrected chi connectivity index (χ2v) is 5.32. The van der Waals surface area contributed by atoms with Gasteiger partial charge in [-0.15, -0.1) is 0 Å². The molecule has 4 nitrogen and oxygen atoms in total. The number of rotatable bonds is 2. The normalized spacial score (nSPS) is 17.0. The zero-order valence-electron chi connectivity index (χ0n) is 10.3. The Balaban J connectivity index is 2.11. The van der Waals surface area contributed by atoms with Crippen molar-refractivity contribution < 1.29 is 9.18 Å². The zero-order valence-corrected chi connectivity index (χ0v) is 11.9. The molecule has 0 unspecified atom stereocenters. The van der Waals surface area contributed by atoms with Gasteiger partial charge in [-0.2, -0.15) is 4.99 Å². The van der Waals surface area contributed by atoms with Crippen molar-refractivity contribution in [3.05, 3.63) is 29.0 Å². The van der Waals surface area contributed by atoms with E-state index in [1.807, 2.05) is 11.8 Å². The lowest BCUT2D eigenvalue weighted by Gasteiger charge is -2.14. The number of para-hydroxylation sites is 1. The molecule has 1 aliphatic heterocycles. The van der Waals surface area contributed by atoms with Gasteiger partial charge in [-0.1, -0.05) is 29.4 Å². The monoisotopic (exact) mass is 301 g/mol. The predicted octanol–water partition coefficient (Wildman–Crippen LogP) is 3.44. The topological polar surface area (TPSA) is 44.7 Å². The number of benzene rings is 1. The van der Waals surface area contributed by atoms with Crippen molar-refractivity contribution in [1.29, 1.82) is 0 Å². The van der Waals surface area contributed by atoms with Crippen LogP contribution in [0.3, 0.4) is 0 Å². The smallest absolute Gasteiger partial charge is 0.347 e. The number of nitrogens with zero attached hydrogens (tertiary/aromatic N) is 2. The molecule has 1 N–H and O–H groups in total. The summed E-state index contributed by atoms with van der Waals surface area (Å²) in [4.78, 5) is 17.7. The minimum Gasteiger partial charge on any atom is -0.350 e. The Kier molecular flexibility index (Phi) is 4.66. The standard InChI is InChI=1S/C12H13ClFN3OS/c1-2-17-6-7-19-12(17)16-11(18)15-10-8(13)4-3-5-9(10)14/h3-5H,2,6-7H2,1H3,(H,15,18). The van der Waals surface area contributed by atoms with Crippen LogP contribution < -0.4 is 5.32 Å². The first-order chi connectivity index (χ1) is 9.11. The molecule has 0 bridgehead atoms. The van der Waals surface area contributed by atoms with Crippen molar-refractivity contribution in [2.45, 2.75) is 6.92 Å². The van der Waals surface area contributed by atoms with E-state index < -0.39 is 11.8 Å². The number of hydrogen-bond acceptors (Lipinski definition) is 2. The van der Waals surface area contributed by atoms with Gasteiger partial charge in [0.1, 0.15) is 5.82 Å². The number of carbonyl (C=O) groups is 1. The summed E-state index contributed by atoms with van der Waals surface area (Å²) >= 11 is 7.34. The Hall–Kier alpha value is -1.27. The van der Waals surface area contributed by atoms with Crippen molar-refractivity contribution in [3.8, 4) is 0 Å². The molecule has 1 fully saturated rings. The number of halogens is 2. The summed E-state index contributed by atoms with van der Waals surface area (Å²) < 4.78 is 13.5. The number of amides is 2. The van der Waals surface area contributed by atoms with E-state index in [9.17, 15) is 9.18 Å². The van der Waals surface area contributed by atoms with Crippen molar-refractivity contribution >= 4 is 40.2 Å². The predicted molar refractivity (Wildman–Crippen MR) is 77.6 cm³/mol. The molecule has 0 saturated carbocycles. The molecular weight excluding hydrogens is 289 g/mol. The summed E-state index contributed by atoms with van der Waals surface area (Å²) in [5.74, 6) is 0.327. The number of carbonyl (C=O) groups excluding carboxylic acids is 1. The minimum absolute atomic E-state index is 0.0374. The van der Waals surface area contributed by atoms with Crippen LogP contribution in [0, 0.1) is 5.82 Å². The molecule has 2 amide bonds. The molecule has 1 heterocycles. The minimum atomic E-state index is -0.616. The molecule has 1 aromatic carbocycles. The number of hydrogen-bond donors (Lipinski definition) is 1. The highest BCUT2D eigenvalue weighted by Crippen LogP contribution is 2.25. The first-order valence-corrected chi connectivity index (χ1v) is 7.19. The number of nitrogens with one attached hydrogen (secondary N) is 1. The van der Waals surface area contributed by atoms with E-state index in [2.05, 4.69) is 10.3 Å². The van der Waals surface area contributed by atoms with Crippen LogP contribution in [0.4, 0.5) is 14.9 Å². The highest BCUT2D eigenvalue weighted by Gasteiger charge is 2.19. The van der Waals surface area contributed by atoms with E-state index in [1.54, 1.807) is 0 Å². The van der Waals surface area contributed by atoms with E-state index in [-0.39, 0.29) is 10.7 Å². The van der Waals surface area contributed by atoms with E-state index in [0.717, 1.165) is 18.8 Å². The van der Waals surface area contributed by atoms with Gasteiger partial charge in [0.25, 0.3) is 0 Å². The molecule has 1 aromatic rings. The van der Waals surface area contributed by atoms with Crippen LogP contribution in [0.25, 0.3) is 0 Å². The summed E-state index contributed by atoms with van der Waals surface area (Å²) in [7, 11) is 0. The average molecular weight is 302 g/mol. The fourth-order valence-corrected chi connectivity index (χ4v) is 2.92. The number of amidine groups is 1. The number of aliphatic imine (C=N–C) groups is 1. The van der Waals surface area contributed by atoms with Crippen molar-refractivity contribution in [1.82, 2.24) is 4.90 Å². The Morgan fingerprint density at radius 1 is 1.63 bits per heavy atom. The van der Waals surface area contributed by atoms with Gasteiger partial charge in [0, 0.05) is 18.8 Å². The highest BCUT2D eigenvalue weighted by atomic mass is 35.5. The lowest BCUT2D eigenvalue weighted by molar-refractivity contribution is 0.259. The van der Waals surface area contributed by atoms with Crippen LogP contribution in [0.15, 0.2) is 23.2 Å². The maximum atomic E-state index is 13.5. The Labute approximate surface area is 120 Å². The van der Waals surface area contributed by atoms with Crippen molar-refractivity contribution in [3.63, 3.8) is 0 Å². The molecule has 102 valence electrons. The fourth-order valence-electron chi connectivity index (χ4n) is 1.67. The van der Waals surface area contributed by atoms with Gasteiger partial charge in [-0.25, -0.2) is 9.18 Å². The molecule has 0 aliphatic carbocycles. The summed E-state index contributed by atoms with van der Waals surface area (Å²) in [6.07, 6.45) is 0. The van der Waals surface area contributed by atoms with E-state index in [1.165, 1.54) is 30.0 Å². The van der Waals surface area contributed by atoms with E-state index >= 15 is 0 Å². The average Bonchev–Trinajstić information content (AvgIpc) is 2.81. The molecule has 0 aromatic heterocycles. The van der Waals surface area contributed by atoms with Gasteiger partial charge < -0.3 is 10.2 Å². The van der Waals surface area contributed by atoms with Gasteiger partial charge in [0.05, 0.1) is 10.7 Å². The Bertz CT molecular complexity index is 503. The Morgan fingerprint density at radius 2 is 2.42 bits per heavy atom. The first-order valence-electron chi connectivity index (χ1n) is 5.83. The fraction of sp³-hybridized carbons (Fsp3) is 0.333. The maximum Gasteiger partial charge on any atom is 0.347 e. The third-order valence-corrected chi connectivity index (χ3v) is 3.95. The first kappa shape index (κ1) is 14.1. The third-order valence-electron chi connectivity index (χ3n) is 2.64. The van der Waals surface area contributed by atoms with Crippen LogP contribution in [-0.2, 0) is 0 Å². The van der Waals surface area contributed by atoms with Crippen molar-refractivity contribution in [2.24, 2.45) is 4.99 Å². The highest BCUT2D eigenvalue weighted by molar-refractivity contribution is 8.14. The maximum absolute atomic E-state index is 13.5. The number of thioether (sulfide) groups is 1. The molecule has 19 heavy (non-hydrogen) atoms. The lowest BCUT2D eigenvalue weighted by Crippen LogP contribution is -2.25. The zero-order chi connectivity index (χ0) is 13.8. The molecule has 0 atom stereocenters. The second-order valence-electron chi connectivity index (χ2n) is 3.85. The van der Waals surface area contributed by atoms with Crippen LogP contribution in [-0.4, -0.2) is 34.9 Å². The van der Waals surface area contributed by atoms with Crippen LogP contribution in [0.5, 0.6) is 0 Å². The molecule has 0 radical (unpaired) electrons. The number of anilines is 1. The quantitative estimate of drug-likeness (QED) is 0.910. The van der Waals surface area contributed by atoms with Gasteiger partial charge in [-0.3, -0.25) is 0 Å². The molecule has 7 heteroatoms. The summed E-state index contributed by atoms with van der Waals surface area (Å²) in [6.45, 7) is 3.65. The summed E-state index contributed by atoms with van der Waals surface area (Å²) in [5, 5.41) is 3.19. The molecule has 1 aliphatic rings. The van der Waals surface area contributed by atoms with Gasteiger partial charge in [-0.05, 0) is 19.1 Å². The second kappa shape index (κ2) is 6.25. The van der Waals surface area contributed by atoms with Gasteiger partial charge in [0.2, 0.25) is 0 Å². The van der Waals surface area contributed by atoms with Gasteiger partial charge >= 0.3 is 6.03 Å². The molecule has 0 spiro atoms. The largest absolute Gasteiger partial charge is 0.350 e. The van der Waals surface area contributed by atoms with Crippen LogP contribution >= 0.6 is 23.4 Å². The molecular formula is C12H13ClFN3OS.